The molecular formula is C26H35N5O2. The van der Waals surface area contributed by atoms with Gasteiger partial charge < -0.3 is 19.6 Å². The Labute approximate surface area is 195 Å². The Bertz CT molecular complexity index is 1140. The van der Waals surface area contributed by atoms with Crippen LogP contribution < -0.4 is 5.73 Å². The highest BCUT2D eigenvalue weighted by molar-refractivity contribution is 5.85. The molecule has 33 heavy (non-hydrogen) atoms. The van der Waals surface area contributed by atoms with E-state index in [-0.39, 0.29) is 12.5 Å². The maximum atomic E-state index is 11.6. The van der Waals surface area contributed by atoms with Crippen LogP contribution in [-0.2, 0) is 42.1 Å². The first-order chi connectivity index (χ1) is 16.0. The predicted octanol–water partition coefficient (Wildman–Crippen LogP) is 3.43. The van der Waals surface area contributed by atoms with Crippen LogP contribution in [0.4, 0.5) is 0 Å². The largest absolute Gasteiger partial charge is 0.381 e. The van der Waals surface area contributed by atoms with Crippen molar-refractivity contribution in [2.75, 3.05) is 19.8 Å². The second kappa shape index (κ2) is 9.31. The van der Waals surface area contributed by atoms with Gasteiger partial charge in [0.25, 0.3) is 0 Å². The maximum absolute atomic E-state index is 11.6. The molecule has 1 amide bonds. The summed E-state index contributed by atoms with van der Waals surface area (Å²) >= 11 is 0. The minimum absolute atomic E-state index is 0.208. The Balaban J connectivity index is 1.41. The lowest BCUT2D eigenvalue weighted by molar-refractivity contribution is -0.118. The molecule has 7 heteroatoms. The maximum Gasteiger partial charge on any atom is 0.237 e. The summed E-state index contributed by atoms with van der Waals surface area (Å²) in [4.78, 5) is 19.3. The summed E-state index contributed by atoms with van der Waals surface area (Å²) in [5.41, 5.74) is 10.5. The van der Waals surface area contributed by atoms with Gasteiger partial charge in [0, 0.05) is 55.8 Å². The van der Waals surface area contributed by atoms with Crippen molar-refractivity contribution in [2.24, 2.45) is 11.7 Å². The van der Waals surface area contributed by atoms with Gasteiger partial charge in [0.15, 0.2) is 0 Å². The summed E-state index contributed by atoms with van der Waals surface area (Å²) < 4.78 is 10.1. The number of rotatable bonds is 8. The first-order valence-electron chi connectivity index (χ1n) is 12.2. The molecule has 176 valence electrons. The molecule has 0 spiro atoms. The Morgan fingerprint density at radius 3 is 2.88 bits per heavy atom. The van der Waals surface area contributed by atoms with E-state index in [0.717, 1.165) is 64.2 Å². The van der Waals surface area contributed by atoms with Gasteiger partial charge in [-0.15, -0.1) is 0 Å². The average molecular weight is 450 g/mol. The Morgan fingerprint density at radius 2 is 2.12 bits per heavy atom. The van der Waals surface area contributed by atoms with Gasteiger partial charge in [-0.25, -0.2) is 4.98 Å². The van der Waals surface area contributed by atoms with E-state index in [1.165, 1.54) is 28.2 Å². The summed E-state index contributed by atoms with van der Waals surface area (Å²) in [5.74, 6) is 2.01. The van der Waals surface area contributed by atoms with Crippen LogP contribution in [-0.4, -0.2) is 44.7 Å². The van der Waals surface area contributed by atoms with Gasteiger partial charge in [0.05, 0.1) is 18.0 Å². The molecule has 1 aromatic carbocycles. The van der Waals surface area contributed by atoms with Gasteiger partial charge in [0.2, 0.25) is 5.91 Å². The van der Waals surface area contributed by atoms with Crippen LogP contribution in [0.15, 0.2) is 30.5 Å². The van der Waals surface area contributed by atoms with E-state index < -0.39 is 0 Å². The minimum atomic E-state index is -0.317. The molecule has 2 aliphatic rings. The number of amides is 1. The van der Waals surface area contributed by atoms with E-state index in [0.29, 0.717) is 11.8 Å². The molecule has 2 aliphatic heterocycles. The molecule has 5 rings (SSSR count). The van der Waals surface area contributed by atoms with Gasteiger partial charge in [-0.2, -0.15) is 0 Å². The van der Waals surface area contributed by atoms with Crippen LogP contribution in [0, 0.1) is 5.92 Å². The fourth-order valence-electron chi connectivity index (χ4n) is 5.31. The van der Waals surface area contributed by atoms with Crippen molar-refractivity contribution in [2.45, 2.75) is 65.2 Å². The van der Waals surface area contributed by atoms with E-state index in [1.807, 2.05) is 10.6 Å². The Hall–Kier alpha value is -2.64. The van der Waals surface area contributed by atoms with E-state index in [1.54, 1.807) is 0 Å². The lowest BCUT2D eigenvalue weighted by Gasteiger charge is -2.30. The number of primary amides is 1. The van der Waals surface area contributed by atoms with Gasteiger partial charge in [0.1, 0.15) is 12.4 Å². The lowest BCUT2D eigenvalue weighted by atomic mass is 10.0. The summed E-state index contributed by atoms with van der Waals surface area (Å²) in [5, 5.41) is 1.20. The second-order valence-electron chi connectivity index (χ2n) is 9.98. The average Bonchev–Trinajstić information content (AvgIpc) is 3.51. The summed E-state index contributed by atoms with van der Waals surface area (Å²) in [6.07, 6.45) is 5.36. The number of imidazole rings is 1. The molecule has 2 N–H and O–H groups in total. The van der Waals surface area contributed by atoms with Crippen LogP contribution in [0.1, 0.15) is 55.4 Å². The first kappa shape index (κ1) is 22.2. The number of benzene rings is 1. The quantitative estimate of drug-likeness (QED) is 0.572. The van der Waals surface area contributed by atoms with E-state index in [2.05, 4.69) is 47.7 Å². The summed E-state index contributed by atoms with van der Waals surface area (Å²) in [6, 6.07) is 8.28. The molecule has 0 bridgehead atoms. The molecule has 0 aliphatic carbocycles. The van der Waals surface area contributed by atoms with Crippen LogP contribution in [0.5, 0.6) is 0 Å². The number of fused-ring (bicyclic) bond motifs is 2. The van der Waals surface area contributed by atoms with E-state index in [9.17, 15) is 4.79 Å². The lowest BCUT2D eigenvalue weighted by Crippen LogP contribution is -2.34. The number of carbonyl (C=O) groups is 1. The van der Waals surface area contributed by atoms with Crippen molar-refractivity contribution in [3.05, 3.63) is 53.2 Å². The van der Waals surface area contributed by atoms with Crippen LogP contribution in [0.25, 0.3) is 10.9 Å². The van der Waals surface area contributed by atoms with Gasteiger partial charge in [-0.05, 0) is 36.8 Å². The zero-order valence-corrected chi connectivity index (χ0v) is 19.8. The first-order valence-corrected chi connectivity index (χ1v) is 12.2. The van der Waals surface area contributed by atoms with Gasteiger partial charge in [-0.1, -0.05) is 32.0 Å². The molecule has 7 nitrogen and oxygen atoms in total. The molecule has 4 heterocycles. The normalized spacial score (nSPS) is 18.9. The zero-order chi connectivity index (χ0) is 22.9. The number of aromatic nitrogens is 3. The summed E-state index contributed by atoms with van der Waals surface area (Å²) in [6.45, 7) is 10.1. The van der Waals surface area contributed by atoms with Crippen LogP contribution in [0.3, 0.4) is 0 Å². The topological polar surface area (TPSA) is 78.3 Å². The number of para-hydroxylation sites is 1. The predicted molar refractivity (Wildman–Crippen MR) is 129 cm³/mol. The monoisotopic (exact) mass is 449 g/mol. The van der Waals surface area contributed by atoms with Crippen molar-refractivity contribution in [3.8, 4) is 0 Å². The zero-order valence-electron chi connectivity index (χ0n) is 19.8. The molecule has 2 aromatic heterocycles. The van der Waals surface area contributed by atoms with E-state index in [4.69, 9.17) is 15.5 Å². The number of nitrogens with two attached hydrogens (primary N) is 1. The molecule has 1 saturated heterocycles. The highest BCUT2D eigenvalue weighted by Crippen LogP contribution is 2.31. The van der Waals surface area contributed by atoms with Crippen molar-refractivity contribution in [3.63, 3.8) is 0 Å². The molecule has 0 saturated carbocycles. The molecule has 0 radical (unpaired) electrons. The van der Waals surface area contributed by atoms with Crippen molar-refractivity contribution >= 4 is 16.8 Å². The highest BCUT2D eigenvalue weighted by Gasteiger charge is 2.30. The molecule has 1 atom stereocenters. The Morgan fingerprint density at radius 1 is 1.27 bits per heavy atom. The Kier molecular flexibility index (Phi) is 6.25. The van der Waals surface area contributed by atoms with Crippen molar-refractivity contribution < 1.29 is 9.53 Å². The van der Waals surface area contributed by atoms with Gasteiger partial charge >= 0.3 is 0 Å². The van der Waals surface area contributed by atoms with Crippen molar-refractivity contribution in [1.82, 2.24) is 19.0 Å². The fourth-order valence-corrected chi connectivity index (χ4v) is 5.31. The number of hydrogen-bond donors (Lipinski definition) is 1. The smallest absolute Gasteiger partial charge is 0.237 e. The van der Waals surface area contributed by atoms with Crippen molar-refractivity contribution in [1.29, 1.82) is 0 Å². The third-order valence-electron chi connectivity index (χ3n) is 7.04. The third-order valence-corrected chi connectivity index (χ3v) is 7.04. The summed E-state index contributed by atoms with van der Waals surface area (Å²) in [7, 11) is 0. The van der Waals surface area contributed by atoms with Crippen LogP contribution >= 0.6 is 0 Å². The molecule has 1 fully saturated rings. The van der Waals surface area contributed by atoms with Gasteiger partial charge in [-0.3, -0.25) is 9.69 Å². The van der Waals surface area contributed by atoms with E-state index >= 15 is 0 Å². The fraction of sp³-hybridized carbons (Fsp3) is 0.538. The highest BCUT2D eigenvalue weighted by atomic mass is 16.5. The number of hydrogen-bond acceptors (Lipinski definition) is 4. The number of nitrogens with zero attached hydrogens (tertiary/aromatic N) is 4. The number of carbonyl (C=O) groups excluding carboxylic acids is 1. The molecular weight excluding hydrogens is 414 g/mol. The third kappa shape index (κ3) is 4.57. The standard InChI is InChI=1S/C26H35N5O2/c1-18(2)7-8-22-24-15-29(10-11-31(24)26(28-22)19-9-12-33-17-19)13-20-14-30(16-25(27)32)23-6-4-3-5-21(20)23/h3-6,14,18-19H,7-13,15-17H2,1-2H3,(H2,27,32). The molecule has 1 unspecified atom stereocenters. The SMILES string of the molecule is CC(C)CCc1nc(C2CCOC2)n2c1CN(Cc1cn(CC(N)=O)c3ccccc13)CC2. The van der Waals surface area contributed by atoms with Crippen LogP contribution in [0.2, 0.25) is 0 Å². The number of ether oxygens (including phenoxy) is 1. The molecule has 3 aromatic rings. The number of aryl methyl sites for hydroxylation is 1. The second-order valence-corrected chi connectivity index (χ2v) is 9.98. The minimum Gasteiger partial charge on any atom is -0.381 e.